The van der Waals surface area contributed by atoms with Crippen molar-refractivity contribution >= 4 is 28.7 Å². The van der Waals surface area contributed by atoms with Gasteiger partial charge >= 0.3 is 6.09 Å². The fraction of sp³-hybridized carbons (Fsp3) is 0.750. The van der Waals surface area contributed by atoms with E-state index >= 15 is 0 Å². The Morgan fingerprint density at radius 1 is 1.89 bits per heavy atom. The lowest BCUT2D eigenvalue weighted by molar-refractivity contribution is 0.127. The summed E-state index contributed by atoms with van der Waals surface area (Å²) in [7, 11) is 0. The van der Waals surface area contributed by atoms with Crippen molar-refractivity contribution in [1.82, 2.24) is 0 Å². The molecule has 0 saturated heterocycles. The third-order valence-corrected chi connectivity index (χ3v) is 1.53. The number of nitrogens with two attached hydrogens (primary N) is 1. The molecule has 9 heavy (non-hydrogen) atoms. The van der Waals surface area contributed by atoms with E-state index in [1.165, 1.54) is 0 Å². The zero-order valence-corrected chi connectivity index (χ0v) is 6.80. The van der Waals surface area contributed by atoms with E-state index in [2.05, 4.69) is 10.5 Å². The molecule has 1 unspecified atom stereocenters. The van der Waals surface area contributed by atoms with Gasteiger partial charge in [-0.05, 0) is 0 Å². The topological polar surface area (TPSA) is 52.3 Å². The zero-order chi connectivity index (χ0) is 7.28. The SMILES string of the molecule is NC(=O)OCC(F)CI. The average molecular weight is 247 g/mol. The lowest BCUT2D eigenvalue weighted by atomic mass is 10.5. The van der Waals surface area contributed by atoms with Crippen LogP contribution in [-0.4, -0.2) is 23.3 Å². The molecule has 0 rings (SSSR count). The number of primary amides is 1. The number of hydrogen-bond acceptors (Lipinski definition) is 2. The summed E-state index contributed by atoms with van der Waals surface area (Å²) in [6.07, 6.45) is -2.03. The molecule has 0 spiro atoms. The molecular weight excluding hydrogens is 240 g/mol. The van der Waals surface area contributed by atoms with Gasteiger partial charge in [0, 0.05) is 4.43 Å². The highest BCUT2D eigenvalue weighted by atomic mass is 127. The summed E-state index contributed by atoms with van der Waals surface area (Å²) in [5, 5.41) is 0. The second-order valence-electron chi connectivity index (χ2n) is 1.38. The van der Waals surface area contributed by atoms with E-state index in [0.717, 1.165) is 0 Å². The van der Waals surface area contributed by atoms with Crippen molar-refractivity contribution < 1.29 is 13.9 Å². The number of amides is 1. The minimum absolute atomic E-state index is 0.238. The standard InChI is InChI=1S/C4H7FINO2/c5-3(1-6)2-9-4(7)8/h3H,1-2H2,(H2,7,8). The van der Waals surface area contributed by atoms with Gasteiger partial charge in [-0.25, -0.2) is 9.18 Å². The maximum Gasteiger partial charge on any atom is 0.404 e. The lowest BCUT2D eigenvalue weighted by Gasteiger charge is -2.02. The van der Waals surface area contributed by atoms with Gasteiger partial charge in [0.1, 0.15) is 12.8 Å². The third-order valence-electron chi connectivity index (χ3n) is 0.574. The van der Waals surface area contributed by atoms with Crippen LogP contribution in [0.5, 0.6) is 0 Å². The molecule has 0 radical (unpaired) electrons. The zero-order valence-electron chi connectivity index (χ0n) is 4.64. The van der Waals surface area contributed by atoms with Gasteiger partial charge < -0.3 is 10.5 Å². The molecule has 0 aromatic rings. The molecule has 3 nitrogen and oxygen atoms in total. The number of hydrogen-bond donors (Lipinski definition) is 1. The molecule has 5 heteroatoms. The fourth-order valence-corrected chi connectivity index (χ4v) is 0.471. The minimum Gasteiger partial charge on any atom is -0.447 e. The fourth-order valence-electron chi connectivity index (χ4n) is 0.217. The smallest absolute Gasteiger partial charge is 0.404 e. The van der Waals surface area contributed by atoms with Gasteiger partial charge in [0.25, 0.3) is 0 Å². The second kappa shape index (κ2) is 4.78. The summed E-state index contributed by atoms with van der Waals surface area (Å²) in [5.74, 6) is 0. The molecule has 0 aromatic heterocycles. The predicted molar refractivity (Wildman–Crippen MR) is 39.3 cm³/mol. The molecule has 0 aliphatic carbocycles. The van der Waals surface area contributed by atoms with Crippen LogP contribution in [0.25, 0.3) is 0 Å². The van der Waals surface area contributed by atoms with E-state index < -0.39 is 12.3 Å². The molecule has 1 amide bonds. The highest BCUT2D eigenvalue weighted by Gasteiger charge is 2.04. The van der Waals surface area contributed by atoms with E-state index in [1.807, 2.05) is 22.6 Å². The molecule has 0 fully saturated rings. The Bertz CT molecular complexity index is 101. The van der Waals surface area contributed by atoms with Crippen LogP contribution >= 0.6 is 22.6 Å². The first-order valence-electron chi connectivity index (χ1n) is 2.29. The first-order chi connectivity index (χ1) is 4.16. The number of rotatable bonds is 3. The van der Waals surface area contributed by atoms with Crippen LogP contribution in [0.3, 0.4) is 0 Å². The van der Waals surface area contributed by atoms with E-state index in [-0.39, 0.29) is 6.61 Å². The van der Waals surface area contributed by atoms with Crippen LogP contribution < -0.4 is 5.73 Å². The van der Waals surface area contributed by atoms with Gasteiger partial charge in [-0.15, -0.1) is 0 Å². The molecule has 0 aliphatic heterocycles. The van der Waals surface area contributed by atoms with Gasteiger partial charge in [-0.2, -0.15) is 0 Å². The Morgan fingerprint density at radius 2 is 2.44 bits per heavy atom. The van der Waals surface area contributed by atoms with E-state index in [0.29, 0.717) is 4.43 Å². The molecule has 0 heterocycles. The van der Waals surface area contributed by atoms with Crippen LogP contribution in [0.4, 0.5) is 9.18 Å². The Balaban J connectivity index is 3.16. The van der Waals surface area contributed by atoms with Crippen molar-refractivity contribution in [3.05, 3.63) is 0 Å². The highest BCUT2D eigenvalue weighted by molar-refractivity contribution is 14.1. The molecular formula is C4H7FINO2. The normalized spacial score (nSPS) is 12.7. The summed E-state index contributed by atoms with van der Waals surface area (Å²) in [5.41, 5.74) is 4.57. The van der Waals surface area contributed by atoms with Crippen LogP contribution in [0, 0.1) is 0 Å². The predicted octanol–water partition coefficient (Wildman–Crippen LogP) is 0.855. The summed E-state index contributed by atoms with van der Waals surface area (Å²) in [4.78, 5) is 9.85. The van der Waals surface area contributed by atoms with Crippen molar-refractivity contribution in [3.63, 3.8) is 0 Å². The van der Waals surface area contributed by atoms with E-state index in [1.54, 1.807) is 0 Å². The number of halogens is 2. The monoisotopic (exact) mass is 247 g/mol. The first-order valence-corrected chi connectivity index (χ1v) is 3.81. The van der Waals surface area contributed by atoms with Gasteiger partial charge in [-0.3, -0.25) is 0 Å². The largest absolute Gasteiger partial charge is 0.447 e. The molecule has 54 valence electrons. The van der Waals surface area contributed by atoms with Crippen molar-refractivity contribution in [2.45, 2.75) is 6.17 Å². The van der Waals surface area contributed by atoms with Gasteiger partial charge in [0.15, 0.2) is 0 Å². The molecule has 1 atom stereocenters. The Kier molecular flexibility index (Phi) is 4.74. The third kappa shape index (κ3) is 5.81. The maximum atomic E-state index is 12.2. The minimum atomic E-state index is -1.10. The lowest BCUT2D eigenvalue weighted by Crippen LogP contribution is -2.20. The van der Waals surface area contributed by atoms with Gasteiger partial charge in [-0.1, -0.05) is 22.6 Å². The maximum absolute atomic E-state index is 12.2. The molecule has 0 aromatic carbocycles. The number of ether oxygens (including phenoxy) is 1. The summed E-state index contributed by atoms with van der Waals surface area (Å²) < 4.78 is 16.6. The molecule has 0 aliphatic rings. The quantitative estimate of drug-likeness (QED) is 0.593. The second-order valence-corrected chi connectivity index (χ2v) is 2.26. The molecule has 0 saturated carbocycles. The summed E-state index contributed by atoms with van der Waals surface area (Å²) in [6, 6.07) is 0. The van der Waals surface area contributed by atoms with Crippen LogP contribution in [-0.2, 0) is 4.74 Å². The van der Waals surface area contributed by atoms with Gasteiger partial charge in [0.05, 0.1) is 0 Å². The van der Waals surface area contributed by atoms with Crippen molar-refractivity contribution in [3.8, 4) is 0 Å². The number of carbonyl (C=O) groups excluding carboxylic acids is 1. The Morgan fingerprint density at radius 3 is 2.78 bits per heavy atom. The van der Waals surface area contributed by atoms with Crippen LogP contribution in [0.1, 0.15) is 0 Å². The molecule has 0 bridgehead atoms. The van der Waals surface area contributed by atoms with Crippen molar-refractivity contribution in [1.29, 1.82) is 0 Å². The number of alkyl halides is 2. The Labute approximate surface area is 65.9 Å². The van der Waals surface area contributed by atoms with Crippen LogP contribution in [0.15, 0.2) is 0 Å². The molecule has 2 N–H and O–H groups in total. The Hall–Kier alpha value is -0.0700. The van der Waals surface area contributed by atoms with E-state index in [9.17, 15) is 9.18 Å². The average Bonchev–Trinajstić information content (AvgIpc) is 1.83. The summed E-state index contributed by atoms with van der Waals surface area (Å²) >= 11 is 1.85. The van der Waals surface area contributed by atoms with Crippen molar-refractivity contribution in [2.24, 2.45) is 5.73 Å². The van der Waals surface area contributed by atoms with Crippen molar-refractivity contribution in [2.75, 3.05) is 11.0 Å². The first kappa shape index (κ1) is 8.93. The highest BCUT2D eigenvalue weighted by Crippen LogP contribution is 1.96. The van der Waals surface area contributed by atoms with E-state index in [4.69, 9.17) is 0 Å². The summed E-state index contributed by atoms with van der Waals surface area (Å²) in [6.45, 7) is -0.238. The number of carbonyl (C=O) groups is 1. The van der Waals surface area contributed by atoms with Crippen LogP contribution in [0.2, 0.25) is 0 Å². The van der Waals surface area contributed by atoms with Gasteiger partial charge in [0.2, 0.25) is 0 Å².